The smallest absolute Gasteiger partial charge is 0.255 e. The van der Waals surface area contributed by atoms with E-state index in [4.69, 9.17) is 16.3 Å². The van der Waals surface area contributed by atoms with E-state index in [0.29, 0.717) is 22.9 Å². The number of hydrogen-bond donors (Lipinski definition) is 1. The molecule has 30 heavy (non-hydrogen) atoms. The van der Waals surface area contributed by atoms with Crippen molar-refractivity contribution in [3.8, 4) is 22.7 Å². The van der Waals surface area contributed by atoms with Crippen LogP contribution in [0, 0.1) is 0 Å². The molecule has 0 atom stereocenters. The van der Waals surface area contributed by atoms with Crippen LogP contribution in [-0.2, 0) is 0 Å². The molecular weight excluding hydrogens is 400 g/mol. The van der Waals surface area contributed by atoms with Crippen LogP contribution in [-0.4, -0.2) is 27.5 Å². The Morgan fingerprint density at radius 1 is 1.00 bits per heavy atom. The molecule has 4 rings (SSSR count). The molecule has 6 nitrogen and oxygen atoms in total. The number of carbonyl (C=O) groups is 1. The van der Waals surface area contributed by atoms with Gasteiger partial charge in [0.15, 0.2) is 0 Å². The van der Waals surface area contributed by atoms with Crippen molar-refractivity contribution in [1.29, 1.82) is 0 Å². The summed E-state index contributed by atoms with van der Waals surface area (Å²) in [4.78, 5) is 12.6. The third-order valence-electron chi connectivity index (χ3n) is 4.49. The van der Waals surface area contributed by atoms with Crippen LogP contribution in [0.2, 0.25) is 5.02 Å². The molecule has 0 aliphatic heterocycles. The fourth-order valence-corrected chi connectivity index (χ4v) is 3.13. The van der Waals surface area contributed by atoms with Crippen molar-refractivity contribution < 1.29 is 9.53 Å². The first kappa shape index (κ1) is 19.7. The van der Waals surface area contributed by atoms with Crippen LogP contribution in [0.5, 0.6) is 5.75 Å². The molecular formula is C23H19ClN4O2. The molecule has 0 unspecified atom stereocenters. The van der Waals surface area contributed by atoms with Gasteiger partial charge in [-0.15, -0.1) is 5.10 Å². The van der Waals surface area contributed by atoms with E-state index in [-0.39, 0.29) is 5.91 Å². The second kappa shape index (κ2) is 8.80. The summed E-state index contributed by atoms with van der Waals surface area (Å²) in [5, 5.41) is 11.7. The Kier molecular flexibility index (Phi) is 5.77. The summed E-state index contributed by atoms with van der Waals surface area (Å²) in [5.41, 5.74) is 3.82. The predicted octanol–water partition coefficient (Wildman–Crippen LogP) is 5.24. The lowest BCUT2D eigenvalue weighted by Crippen LogP contribution is -2.12. The number of halogens is 1. The minimum Gasteiger partial charge on any atom is -0.494 e. The van der Waals surface area contributed by atoms with E-state index >= 15 is 0 Å². The minimum atomic E-state index is -0.192. The summed E-state index contributed by atoms with van der Waals surface area (Å²) in [6, 6.07) is 21.9. The molecule has 0 aliphatic rings. The minimum absolute atomic E-state index is 0.192. The Labute approximate surface area is 179 Å². The Morgan fingerprint density at radius 3 is 2.37 bits per heavy atom. The average Bonchev–Trinajstić information content (AvgIpc) is 3.26. The summed E-state index contributed by atoms with van der Waals surface area (Å²) < 4.78 is 7.13. The Bertz CT molecular complexity index is 1140. The maximum Gasteiger partial charge on any atom is 0.255 e. The molecule has 0 saturated carbocycles. The fraction of sp³-hybridized carbons (Fsp3) is 0.0870. The monoisotopic (exact) mass is 418 g/mol. The first-order valence-corrected chi connectivity index (χ1v) is 9.83. The number of hydrogen-bond acceptors (Lipinski definition) is 4. The van der Waals surface area contributed by atoms with Crippen molar-refractivity contribution >= 4 is 23.2 Å². The lowest BCUT2D eigenvalue weighted by atomic mass is 10.1. The number of amides is 1. The van der Waals surface area contributed by atoms with Crippen LogP contribution < -0.4 is 10.1 Å². The average molecular weight is 419 g/mol. The molecule has 0 aliphatic carbocycles. The first-order valence-electron chi connectivity index (χ1n) is 9.45. The van der Waals surface area contributed by atoms with Gasteiger partial charge in [0.2, 0.25) is 0 Å². The molecule has 150 valence electrons. The number of aromatic nitrogens is 3. The molecule has 1 heterocycles. The summed E-state index contributed by atoms with van der Waals surface area (Å²) in [6.45, 7) is 2.53. The standard InChI is InChI=1S/C23H19ClN4O2/c1-2-30-21-13-9-19(10-14-21)26-23(29)17-5-11-20(12-6-17)28-22(15-25-27-28)16-3-7-18(24)8-4-16/h3-15H,2H2,1H3,(H,26,29). The van der Waals surface area contributed by atoms with Crippen LogP contribution in [0.1, 0.15) is 17.3 Å². The SMILES string of the molecule is CCOc1ccc(NC(=O)c2ccc(-n3nncc3-c3ccc(Cl)cc3)cc2)cc1. The molecule has 4 aromatic rings. The first-order chi connectivity index (χ1) is 14.6. The number of ether oxygens (including phenoxy) is 1. The lowest BCUT2D eigenvalue weighted by Gasteiger charge is -2.09. The van der Waals surface area contributed by atoms with E-state index in [1.807, 2.05) is 67.6 Å². The van der Waals surface area contributed by atoms with Gasteiger partial charge in [0.25, 0.3) is 5.91 Å². The Balaban J connectivity index is 1.50. The third kappa shape index (κ3) is 4.34. The predicted molar refractivity (Wildman–Crippen MR) is 117 cm³/mol. The van der Waals surface area contributed by atoms with Gasteiger partial charge in [-0.1, -0.05) is 28.9 Å². The maximum atomic E-state index is 12.6. The molecule has 1 aromatic heterocycles. The fourth-order valence-electron chi connectivity index (χ4n) is 3.00. The van der Waals surface area contributed by atoms with Crippen molar-refractivity contribution in [3.05, 3.63) is 89.6 Å². The van der Waals surface area contributed by atoms with Crippen molar-refractivity contribution in [2.24, 2.45) is 0 Å². The van der Waals surface area contributed by atoms with Gasteiger partial charge in [-0.25, -0.2) is 4.68 Å². The van der Waals surface area contributed by atoms with E-state index in [1.165, 1.54) is 0 Å². The van der Waals surface area contributed by atoms with Gasteiger partial charge in [0.1, 0.15) is 5.75 Å². The van der Waals surface area contributed by atoms with Gasteiger partial charge in [0.05, 0.1) is 24.2 Å². The van der Waals surface area contributed by atoms with E-state index in [9.17, 15) is 4.79 Å². The van der Waals surface area contributed by atoms with Crippen LogP contribution in [0.15, 0.2) is 79.0 Å². The van der Waals surface area contributed by atoms with Gasteiger partial charge in [-0.05, 0) is 67.6 Å². The highest BCUT2D eigenvalue weighted by atomic mass is 35.5. The zero-order chi connectivity index (χ0) is 20.9. The second-order valence-corrected chi connectivity index (χ2v) is 6.93. The van der Waals surface area contributed by atoms with E-state index in [2.05, 4.69) is 15.6 Å². The van der Waals surface area contributed by atoms with Crippen molar-refractivity contribution in [3.63, 3.8) is 0 Å². The largest absolute Gasteiger partial charge is 0.494 e. The van der Waals surface area contributed by atoms with E-state index in [0.717, 1.165) is 22.7 Å². The highest BCUT2D eigenvalue weighted by molar-refractivity contribution is 6.30. The third-order valence-corrected chi connectivity index (χ3v) is 4.74. The number of anilines is 1. The summed E-state index contributed by atoms with van der Waals surface area (Å²) >= 11 is 5.97. The number of benzene rings is 3. The quantitative estimate of drug-likeness (QED) is 0.465. The van der Waals surface area contributed by atoms with E-state index < -0.39 is 0 Å². The highest BCUT2D eigenvalue weighted by Gasteiger charge is 2.11. The van der Waals surface area contributed by atoms with Crippen LogP contribution >= 0.6 is 11.6 Å². The zero-order valence-electron chi connectivity index (χ0n) is 16.2. The van der Waals surface area contributed by atoms with Crippen molar-refractivity contribution in [2.75, 3.05) is 11.9 Å². The summed E-state index contributed by atoms with van der Waals surface area (Å²) in [7, 11) is 0. The summed E-state index contributed by atoms with van der Waals surface area (Å²) in [6.07, 6.45) is 1.69. The van der Waals surface area contributed by atoms with Crippen molar-refractivity contribution in [1.82, 2.24) is 15.0 Å². The maximum absolute atomic E-state index is 12.6. The zero-order valence-corrected chi connectivity index (χ0v) is 17.0. The van der Waals surface area contributed by atoms with Crippen molar-refractivity contribution in [2.45, 2.75) is 6.92 Å². The molecule has 0 fully saturated rings. The highest BCUT2D eigenvalue weighted by Crippen LogP contribution is 2.23. The van der Waals surface area contributed by atoms with Gasteiger partial charge >= 0.3 is 0 Å². The molecule has 0 radical (unpaired) electrons. The number of nitrogens with zero attached hydrogens (tertiary/aromatic N) is 3. The molecule has 3 aromatic carbocycles. The van der Waals surface area contributed by atoms with Crippen LogP contribution in [0.3, 0.4) is 0 Å². The van der Waals surface area contributed by atoms with Gasteiger partial charge in [0, 0.05) is 21.8 Å². The molecule has 0 saturated heterocycles. The molecule has 1 N–H and O–H groups in total. The number of nitrogens with one attached hydrogen (secondary N) is 1. The molecule has 0 bridgehead atoms. The number of carbonyl (C=O) groups excluding carboxylic acids is 1. The molecule has 7 heteroatoms. The van der Waals surface area contributed by atoms with Crippen LogP contribution in [0.4, 0.5) is 5.69 Å². The Morgan fingerprint density at radius 2 is 1.70 bits per heavy atom. The van der Waals surface area contributed by atoms with E-state index in [1.54, 1.807) is 23.0 Å². The van der Waals surface area contributed by atoms with Gasteiger partial charge < -0.3 is 10.1 Å². The van der Waals surface area contributed by atoms with Gasteiger partial charge in [-0.2, -0.15) is 0 Å². The second-order valence-electron chi connectivity index (χ2n) is 6.50. The number of rotatable bonds is 6. The van der Waals surface area contributed by atoms with Crippen LogP contribution in [0.25, 0.3) is 16.9 Å². The summed E-state index contributed by atoms with van der Waals surface area (Å²) in [5.74, 6) is 0.575. The molecule has 0 spiro atoms. The Hall–Kier alpha value is -3.64. The van der Waals surface area contributed by atoms with Gasteiger partial charge in [-0.3, -0.25) is 4.79 Å². The molecule has 1 amide bonds. The normalized spacial score (nSPS) is 10.6. The lowest BCUT2D eigenvalue weighted by molar-refractivity contribution is 0.102. The topological polar surface area (TPSA) is 69.0 Å².